The summed E-state index contributed by atoms with van der Waals surface area (Å²) in [5, 5.41) is 2.80. The molecule has 0 atom stereocenters. The van der Waals surface area contributed by atoms with Gasteiger partial charge in [-0.2, -0.15) is 0 Å². The average Bonchev–Trinajstić information content (AvgIpc) is 2.95. The number of methoxy groups -OCH3 is 1. The van der Waals surface area contributed by atoms with Crippen molar-refractivity contribution in [3.63, 3.8) is 0 Å². The van der Waals surface area contributed by atoms with Crippen LogP contribution in [0.5, 0.6) is 5.75 Å². The maximum absolute atomic E-state index is 13.4. The monoisotopic (exact) mass is 341 g/mol. The fourth-order valence-electron chi connectivity index (χ4n) is 2.82. The van der Waals surface area contributed by atoms with Crippen LogP contribution < -0.4 is 10.1 Å². The molecule has 1 N–H and O–H groups in total. The van der Waals surface area contributed by atoms with Gasteiger partial charge in [-0.3, -0.25) is 4.79 Å². The van der Waals surface area contributed by atoms with Gasteiger partial charge in [-0.05, 0) is 36.8 Å². The molecule has 0 aliphatic rings. The van der Waals surface area contributed by atoms with E-state index in [9.17, 15) is 9.18 Å². The molecular weight excluding hydrogens is 321 g/mol. The number of imidazole rings is 1. The van der Waals surface area contributed by atoms with Crippen LogP contribution in [-0.4, -0.2) is 29.1 Å². The van der Waals surface area contributed by atoms with Crippen molar-refractivity contribution in [2.45, 2.75) is 12.8 Å². The standard InChI is InChI=1S/C19H20FN3O2/c1-23-16-7-4-3-6-15(16)22-18(23)8-5-11-21-19(24)14-12-13(20)9-10-17(14)25-2/h3-4,6-7,9-10,12H,5,8,11H2,1-2H3,(H,21,24). The predicted octanol–water partition coefficient (Wildman–Crippen LogP) is 3.08. The summed E-state index contributed by atoms with van der Waals surface area (Å²) >= 11 is 0. The minimum atomic E-state index is -0.467. The van der Waals surface area contributed by atoms with E-state index < -0.39 is 5.82 Å². The highest BCUT2D eigenvalue weighted by atomic mass is 19.1. The van der Waals surface area contributed by atoms with Crippen LogP contribution in [0.15, 0.2) is 42.5 Å². The van der Waals surface area contributed by atoms with E-state index in [1.165, 1.54) is 25.3 Å². The molecule has 2 aromatic carbocycles. The summed E-state index contributed by atoms with van der Waals surface area (Å²) < 4.78 is 20.5. The Bertz CT molecular complexity index is 905. The largest absolute Gasteiger partial charge is 0.496 e. The Labute approximate surface area is 145 Å². The number of nitrogens with one attached hydrogen (secondary N) is 1. The fourth-order valence-corrected chi connectivity index (χ4v) is 2.82. The van der Waals surface area contributed by atoms with E-state index in [4.69, 9.17) is 4.74 Å². The molecule has 1 amide bonds. The number of ether oxygens (including phenoxy) is 1. The maximum Gasteiger partial charge on any atom is 0.255 e. The summed E-state index contributed by atoms with van der Waals surface area (Å²) in [7, 11) is 3.44. The number of hydrogen-bond donors (Lipinski definition) is 1. The molecule has 25 heavy (non-hydrogen) atoms. The molecule has 0 saturated heterocycles. The van der Waals surface area contributed by atoms with E-state index in [0.29, 0.717) is 12.3 Å². The smallest absolute Gasteiger partial charge is 0.255 e. The molecule has 3 rings (SSSR count). The number of aryl methyl sites for hydroxylation is 2. The van der Waals surface area contributed by atoms with E-state index in [1.807, 2.05) is 31.3 Å². The van der Waals surface area contributed by atoms with E-state index >= 15 is 0 Å². The minimum absolute atomic E-state index is 0.199. The van der Waals surface area contributed by atoms with Gasteiger partial charge in [0.05, 0.1) is 23.7 Å². The SMILES string of the molecule is COc1ccc(F)cc1C(=O)NCCCc1nc2ccccc2n1C. The van der Waals surface area contributed by atoms with Crippen molar-refractivity contribution in [2.75, 3.05) is 13.7 Å². The molecule has 0 saturated carbocycles. The lowest BCUT2D eigenvalue weighted by Gasteiger charge is -2.09. The Balaban J connectivity index is 1.58. The number of carbonyl (C=O) groups is 1. The number of para-hydroxylation sites is 2. The van der Waals surface area contributed by atoms with Gasteiger partial charge in [0.25, 0.3) is 5.91 Å². The molecule has 1 aromatic heterocycles. The van der Waals surface area contributed by atoms with Crippen LogP contribution >= 0.6 is 0 Å². The third kappa shape index (κ3) is 3.63. The van der Waals surface area contributed by atoms with Gasteiger partial charge in [-0.1, -0.05) is 12.1 Å². The van der Waals surface area contributed by atoms with Gasteiger partial charge in [-0.15, -0.1) is 0 Å². The van der Waals surface area contributed by atoms with Gasteiger partial charge in [0.1, 0.15) is 17.4 Å². The Kier molecular flexibility index (Phi) is 4.97. The molecule has 0 bridgehead atoms. The summed E-state index contributed by atoms with van der Waals surface area (Å²) in [6, 6.07) is 11.9. The molecule has 3 aromatic rings. The van der Waals surface area contributed by atoms with Crippen LogP contribution in [0.4, 0.5) is 4.39 Å². The van der Waals surface area contributed by atoms with Crippen molar-refractivity contribution in [3.05, 3.63) is 59.7 Å². The van der Waals surface area contributed by atoms with E-state index in [-0.39, 0.29) is 11.5 Å². The lowest BCUT2D eigenvalue weighted by Crippen LogP contribution is -2.25. The second-order valence-electron chi connectivity index (χ2n) is 5.78. The summed E-state index contributed by atoms with van der Waals surface area (Å²) in [5.41, 5.74) is 2.25. The Morgan fingerprint density at radius 3 is 2.84 bits per heavy atom. The quantitative estimate of drug-likeness (QED) is 0.701. The number of rotatable bonds is 6. The van der Waals surface area contributed by atoms with Crippen LogP contribution in [0.1, 0.15) is 22.6 Å². The number of aromatic nitrogens is 2. The maximum atomic E-state index is 13.4. The van der Waals surface area contributed by atoms with Crippen molar-refractivity contribution in [3.8, 4) is 5.75 Å². The fraction of sp³-hybridized carbons (Fsp3) is 0.263. The Morgan fingerprint density at radius 2 is 2.08 bits per heavy atom. The first kappa shape index (κ1) is 17.0. The molecule has 5 nitrogen and oxygen atoms in total. The lowest BCUT2D eigenvalue weighted by molar-refractivity contribution is 0.0949. The number of benzene rings is 2. The molecule has 0 unspecified atom stereocenters. The van der Waals surface area contributed by atoms with Gasteiger partial charge in [-0.25, -0.2) is 9.37 Å². The van der Waals surface area contributed by atoms with Crippen molar-refractivity contribution in [1.82, 2.24) is 14.9 Å². The number of amides is 1. The van der Waals surface area contributed by atoms with Crippen LogP contribution in [-0.2, 0) is 13.5 Å². The molecule has 1 heterocycles. The van der Waals surface area contributed by atoms with Gasteiger partial charge in [0.15, 0.2) is 0 Å². The number of nitrogens with zero attached hydrogens (tertiary/aromatic N) is 2. The molecule has 0 spiro atoms. The zero-order valence-electron chi connectivity index (χ0n) is 14.3. The van der Waals surface area contributed by atoms with Gasteiger partial charge >= 0.3 is 0 Å². The third-order valence-corrected chi connectivity index (χ3v) is 4.15. The normalized spacial score (nSPS) is 10.8. The van der Waals surface area contributed by atoms with Crippen molar-refractivity contribution >= 4 is 16.9 Å². The first-order chi connectivity index (χ1) is 12.1. The molecule has 0 aliphatic carbocycles. The van der Waals surface area contributed by atoms with Gasteiger partial charge in [0, 0.05) is 20.0 Å². The summed E-state index contributed by atoms with van der Waals surface area (Å²) in [5.74, 6) is 0.514. The topological polar surface area (TPSA) is 56.1 Å². The zero-order valence-corrected chi connectivity index (χ0v) is 14.3. The first-order valence-corrected chi connectivity index (χ1v) is 8.12. The van der Waals surface area contributed by atoms with Crippen molar-refractivity contribution in [2.24, 2.45) is 7.05 Å². The molecule has 6 heteroatoms. The van der Waals surface area contributed by atoms with E-state index in [1.54, 1.807) is 0 Å². The summed E-state index contributed by atoms with van der Waals surface area (Å²) in [6.07, 6.45) is 1.48. The minimum Gasteiger partial charge on any atom is -0.496 e. The second kappa shape index (κ2) is 7.34. The summed E-state index contributed by atoms with van der Waals surface area (Å²) in [6.45, 7) is 0.474. The second-order valence-corrected chi connectivity index (χ2v) is 5.78. The molecule has 130 valence electrons. The van der Waals surface area contributed by atoms with Crippen molar-refractivity contribution in [1.29, 1.82) is 0 Å². The highest BCUT2D eigenvalue weighted by Crippen LogP contribution is 2.19. The Hall–Kier alpha value is -2.89. The van der Waals surface area contributed by atoms with Gasteiger partial charge < -0.3 is 14.6 Å². The number of hydrogen-bond acceptors (Lipinski definition) is 3. The number of fused-ring (bicyclic) bond motifs is 1. The zero-order chi connectivity index (χ0) is 17.8. The van der Waals surface area contributed by atoms with Crippen LogP contribution in [0, 0.1) is 5.82 Å². The first-order valence-electron chi connectivity index (χ1n) is 8.12. The van der Waals surface area contributed by atoms with E-state index in [2.05, 4.69) is 14.9 Å². The third-order valence-electron chi connectivity index (χ3n) is 4.15. The van der Waals surface area contributed by atoms with E-state index in [0.717, 1.165) is 29.7 Å². The van der Waals surface area contributed by atoms with Crippen LogP contribution in [0.3, 0.4) is 0 Å². The molecule has 0 fully saturated rings. The summed E-state index contributed by atoms with van der Waals surface area (Å²) in [4.78, 5) is 16.8. The molecule has 0 radical (unpaired) electrons. The van der Waals surface area contributed by atoms with Crippen molar-refractivity contribution < 1.29 is 13.9 Å². The predicted molar refractivity (Wildman–Crippen MR) is 94.3 cm³/mol. The molecule has 0 aliphatic heterocycles. The van der Waals surface area contributed by atoms with Crippen LogP contribution in [0.2, 0.25) is 0 Å². The highest BCUT2D eigenvalue weighted by Gasteiger charge is 2.13. The average molecular weight is 341 g/mol. The lowest BCUT2D eigenvalue weighted by atomic mass is 10.1. The number of carbonyl (C=O) groups excluding carboxylic acids is 1. The highest BCUT2D eigenvalue weighted by molar-refractivity contribution is 5.96. The Morgan fingerprint density at radius 1 is 1.28 bits per heavy atom. The van der Waals surface area contributed by atoms with Crippen LogP contribution in [0.25, 0.3) is 11.0 Å². The number of halogens is 1. The van der Waals surface area contributed by atoms with Gasteiger partial charge in [0.2, 0.25) is 0 Å². The molecular formula is C19H20FN3O2.